The van der Waals surface area contributed by atoms with Gasteiger partial charge in [0, 0.05) is 55.4 Å². The smallest absolute Gasteiger partial charge is 0.0972 e. The fourth-order valence-corrected chi connectivity index (χ4v) is 7.16. The lowest BCUT2D eigenvalue weighted by Crippen LogP contribution is -1.92. The maximum Gasteiger partial charge on any atom is 0.0972 e. The molecule has 232 valence electrons. The molecule has 0 saturated carbocycles. The van der Waals surface area contributed by atoms with Crippen LogP contribution in [0.3, 0.4) is 0 Å². The van der Waals surface area contributed by atoms with E-state index in [9.17, 15) is 0 Å². The van der Waals surface area contributed by atoms with Crippen molar-refractivity contribution in [2.75, 3.05) is 0 Å². The molecule has 10 aromatic rings. The molecule has 10 rings (SSSR count). The quantitative estimate of drug-likeness (QED) is 0.180. The molecule has 0 amide bonds. The SMILES string of the molecule is c1ccc(-c2ccc3ccc4ccc(-c5ccc(-c6ccc(-c7nc8ccccc8c8c7ccc7ccccc78)cc6)nc5)nc4c3n2)cc1. The van der Waals surface area contributed by atoms with Gasteiger partial charge in [-0.2, -0.15) is 0 Å². The van der Waals surface area contributed by atoms with Crippen molar-refractivity contribution in [1.29, 1.82) is 0 Å². The molecule has 0 aliphatic rings. The normalized spacial score (nSPS) is 11.6. The van der Waals surface area contributed by atoms with Gasteiger partial charge in [0.15, 0.2) is 0 Å². The van der Waals surface area contributed by atoms with E-state index in [1.165, 1.54) is 21.5 Å². The Kier molecular flexibility index (Phi) is 6.46. The fourth-order valence-electron chi connectivity index (χ4n) is 7.16. The highest BCUT2D eigenvalue weighted by atomic mass is 14.8. The van der Waals surface area contributed by atoms with Crippen LogP contribution in [0.15, 0.2) is 170 Å². The summed E-state index contributed by atoms with van der Waals surface area (Å²) in [6.45, 7) is 0. The number of para-hydroxylation sites is 1. The molecule has 0 bridgehead atoms. The van der Waals surface area contributed by atoms with Crippen LogP contribution in [0.5, 0.6) is 0 Å². The van der Waals surface area contributed by atoms with E-state index < -0.39 is 0 Å². The van der Waals surface area contributed by atoms with E-state index in [1.54, 1.807) is 0 Å². The number of hydrogen-bond acceptors (Lipinski definition) is 4. The third-order valence-electron chi connectivity index (χ3n) is 9.69. The molecule has 0 fully saturated rings. The second-order valence-corrected chi connectivity index (χ2v) is 12.7. The second-order valence-electron chi connectivity index (χ2n) is 12.7. The molecule has 0 N–H and O–H groups in total. The molecule has 0 aliphatic carbocycles. The van der Waals surface area contributed by atoms with Crippen molar-refractivity contribution in [1.82, 2.24) is 19.9 Å². The largest absolute Gasteiger partial charge is 0.256 e. The van der Waals surface area contributed by atoms with Crippen molar-refractivity contribution < 1.29 is 0 Å². The van der Waals surface area contributed by atoms with E-state index in [0.29, 0.717) is 0 Å². The Hall–Kier alpha value is -6.78. The number of rotatable bonds is 4. The predicted molar refractivity (Wildman–Crippen MR) is 207 cm³/mol. The maximum absolute atomic E-state index is 5.16. The lowest BCUT2D eigenvalue weighted by Gasteiger charge is -2.13. The van der Waals surface area contributed by atoms with Crippen LogP contribution in [0.25, 0.3) is 99.3 Å². The first-order chi connectivity index (χ1) is 24.8. The Balaban J connectivity index is 1.000. The minimum atomic E-state index is 0.869. The van der Waals surface area contributed by atoms with E-state index in [-0.39, 0.29) is 0 Å². The highest BCUT2D eigenvalue weighted by Crippen LogP contribution is 2.37. The van der Waals surface area contributed by atoms with E-state index in [2.05, 4.69) is 146 Å². The molecule has 0 radical (unpaired) electrons. The lowest BCUT2D eigenvalue weighted by molar-refractivity contribution is 1.30. The zero-order chi connectivity index (χ0) is 33.0. The molecule has 4 heterocycles. The van der Waals surface area contributed by atoms with Crippen LogP contribution in [0.4, 0.5) is 0 Å². The predicted octanol–water partition coefficient (Wildman–Crippen LogP) is 11.7. The Morgan fingerprint density at radius 2 is 0.880 bits per heavy atom. The van der Waals surface area contributed by atoms with Crippen molar-refractivity contribution in [2.24, 2.45) is 0 Å². The van der Waals surface area contributed by atoms with Crippen LogP contribution in [-0.4, -0.2) is 19.9 Å². The van der Waals surface area contributed by atoms with Crippen LogP contribution < -0.4 is 0 Å². The van der Waals surface area contributed by atoms with Gasteiger partial charge >= 0.3 is 0 Å². The number of nitrogens with zero attached hydrogens (tertiary/aromatic N) is 4. The van der Waals surface area contributed by atoms with Gasteiger partial charge in [-0.15, -0.1) is 0 Å². The molecule has 4 aromatic heterocycles. The summed E-state index contributed by atoms with van der Waals surface area (Å²) < 4.78 is 0. The molecule has 4 nitrogen and oxygen atoms in total. The van der Waals surface area contributed by atoms with Crippen LogP contribution >= 0.6 is 0 Å². The summed E-state index contributed by atoms with van der Waals surface area (Å²) in [4.78, 5) is 20.2. The Morgan fingerprint density at radius 1 is 0.320 bits per heavy atom. The summed E-state index contributed by atoms with van der Waals surface area (Å²) >= 11 is 0. The molecular weight excluding hydrogens is 609 g/mol. The standard InChI is InChI=1S/C46H28N4/c1-2-9-30(10-3-1)40-26-21-33-18-19-34-22-27-41(49-46(34)45(33)48-40)35-23-25-39(47-28-35)31-14-16-32(17-15-31)44-38-24-20-29-8-4-5-11-36(29)43(38)37-12-6-7-13-42(37)50-44/h1-28H. The van der Waals surface area contributed by atoms with Gasteiger partial charge in [-0.3, -0.25) is 4.98 Å². The van der Waals surface area contributed by atoms with Crippen molar-refractivity contribution in [2.45, 2.75) is 0 Å². The highest BCUT2D eigenvalue weighted by Gasteiger charge is 2.14. The summed E-state index contributed by atoms with van der Waals surface area (Å²) in [5.74, 6) is 0. The molecule has 6 aromatic carbocycles. The average molecular weight is 637 g/mol. The van der Waals surface area contributed by atoms with Crippen LogP contribution in [0, 0.1) is 0 Å². The van der Waals surface area contributed by atoms with Crippen molar-refractivity contribution >= 4 is 54.3 Å². The molecular formula is C46H28N4. The van der Waals surface area contributed by atoms with Gasteiger partial charge in [-0.05, 0) is 41.1 Å². The summed E-state index contributed by atoms with van der Waals surface area (Å²) in [5.41, 5.74) is 10.7. The number of pyridine rings is 4. The van der Waals surface area contributed by atoms with Crippen molar-refractivity contribution in [3.05, 3.63) is 170 Å². The fraction of sp³-hybridized carbons (Fsp3) is 0. The topological polar surface area (TPSA) is 51.6 Å². The van der Waals surface area contributed by atoms with Gasteiger partial charge in [0.2, 0.25) is 0 Å². The third-order valence-corrected chi connectivity index (χ3v) is 9.69. The lowest BCUT2D eigenvalue weighted by atomic mass is 9.95. The molecule has 0 atom stereocenters. The first-order valence-electron chi connectivity index (χ1n) is 16.8. The molecule has 50 heavy (non-hydrogen) atoms. The van der Waals surface area contributed by atoms with Gasteiger partial charge in [0.25, 0.3) is 0 Å². The highest BCUT2D eigenvalue weighted by molar-refractivity contribution is 6.22. The molecule has 0 spiro atoms. The molecule has 0 unspecified atom stereocenters. The molecule has 0 saturated heterocycles. The summed E-state index contributed by atoms with van der Waals surface area (Å²) in [6.07, 6.45) is 1.91. The van der Waals surface area contributed by atoms with Crippen molar-refractivity contribution in [3.63, 3.8) is 0 Å². The zero-order valence-corrected chi connectivity index (χ0v) is 27.0. The van der Waals surface area contributed by atoms with Crippen LogP contribution in [0.1, 0.15) is 0 Å². The van der Waals surface area contributed by atoms with E-state index in [0.717, 1.165) is 77.7 Å². The van der Waals surface area contributed by atoms with Crippen LogP contribution in [0.2, 0.25) is 0 Å². The molecule has 4 heteroatoms. The number of fused-ring (bicyclic) bond motifs is 8. The Morgan fingerprint density at radius 3 is 1.62 bits per heavy atom. The van der Waals surface area contributed by atoms with Gasteiger partial charge in [-0.1, -0.05) is 133 Å². The monoisotopic (exact) mass is 636 g/mol. The van der Waals surface area contributed by atoms with Gasteiger partial charge in [0.1, 0.15) is 0 Å². The minimum Gasteiger partial charge on any atom is -0.256 e. The number of hydrogen-bond donors (Lipinski definition) is 0. The summed E-state index contributed by atoms with van der Waals surface area (Å²) in [7, 11) is 0. The zero-order valence-electron chi connectivity index (χ0n) is 27.0. The first kappa shape index (κ1) is 28.3. The van der Waals surface area contributed by atoms with Crippen molar-refractivity contribution in [3.8, 4) is 45.0 Å². The van der Waals surface area contributed by atoms with E-state index in [1.807, 2.05) is 24.4 Å². The second kappa shape index (κ2) is 11.4. The number of benzene rings is 6. The van der Waals surface area contributed by atoms with Crippen LogP contribution in [-0.2, 0) is 0 Å². The van der Waals surface area contributed by atoms with E-state index in [4.69, 9.17) is 19.9 Å². The summed E-state index contributed by atoms with van der Waals surface area (Å²) in [6, 6.07) is 57.1. The van der Waals surface area contributed by atoms with E-state index >= 15 is 0 Å². The summed E-state index contributed by atoms with van der Waals surface area (Å²) in [5, 5.41) is 8.17. The first-order valence-corrected chi connectivity index (χ1v) is 16.8. The average Bonchev–Trinajstić information content (AvgIpc) is 3.20. The Labute approximate surface area is 288 Å². The third kappa shape index (κ3) is 4.69. The van der Waals surface area contributed by atoms with Gasteiger partial charge in [0.05, 0.1) is 39.3 Å². The maximum atomic E-state index is 5.16. The minimum absolute atomic E-state index is 0.869. The van der Waals surface area contributed by atoms with Gasteiger partial charge in [-0.25, -0.2) is 15.0 Å². The number of aromatic nitrogens is 4. The van der Waals surface area contributed by atoms with Gasteiger partial charge < -0.3 is 0 Å². The Bertz CT molecular complexity index is 2880. The molecule has 0 aliphatic heterocycles.